The molecule has 3 rings (SSSR count). The van der Waals surface area contributed by atoms with E-state index >= 15 is 0 Å². The summed E-state index contributed by atoms with van der Waals surface area (Å²) in [6.07, 6.45) is 3.64. The molecule has 136 valence electrons. The Morgan fingerprint density at radius 1 is 1.27 bits per heavy atom. The minimum absolute atomic E-state index is 0.00109. The van der Waals surface area contributed by atoms with Crippen LogP contribution < -0.4 is 4.74 Å². The van der Waals surface area contributed by atoms with Crippen molar-refractivity contribution in [1.82, 2.24) is 14.5 Å². The number of ether oxygens (including phenoxy) is 1. The van der Waals surface area contributed by atoms with Crippen LogP contribution in [0.25, 0.3) is 11.0 Å². The minimum atomic E-state index is -0.00109. The van der Waals surface area contributed by atoms with Crippen LogP contribution in [0.2, 0.25) is 0 Å². The minimum Gasteiger partial charge on any atom is -0.497 e. The van der Waals surface area contributed by atoms with E-state index in [0.29, 0.717) is 5.56 Å². The molecule has 3 aromatic rings. The van der Waals surface area contributed by atoms with Crippen molar-refractivity contribution in [2.24, 2.45) is 7.05 Å². The Hall–Kier alpha value is -2.82. The molecule has 5 nitrogen and oxygen atoms in total. The lowest BCUT2D eigenvalue weighted by molar-refractivity contribution is 0.0721. The standard InChI is InChI=1S/C21H25N3O2/c1-5-7-19(15-8-6-9-17(12-15)26-4)24(3)21(25)16-10-11-20-18(13-16)22-14-23(20)2/h6,8-14,19H,5,7H2,1-4H3/t19-/m1/s1. The van der Waals surface area contributed by atoms with Gasteiger partial charge in [-0.15, -0.1) is 0 Å². The van der Waals surface area contributed by atoms with Gasteiger partial charge in [0.25, 0.3) is 5.91 Å². The number of methoxy groups -OCH3 is 1. The van der Waals surface area contributed by atoms with Crippen molar-refractivity contribution in [3.8, 4) is 5.75 Å². The number of hydrogen-bond acceptors (Lipinski definition) is 3. The zero-order valence-electron chi connectivity index (χ0n) is 15.8. The summed E-state index contributed by atoms with van der Waals surface area (Å²) in [7, 11) is 5.47. The van der Waals surface area contributed by atoms with Gasteiger partial charge in [0, 0.05) is 19.7 Å². The van der Waals surface area contributed by atoms with Crippen molar-refractivity contribution in [3.63, 3.8) is 0 Å². The first-order valence-electron chi connectivity index (χ1n) is 8.87. The molecule has 0 saturated heterocycles. The highest BCUT2D eigenvalue weighted by molar-refractivity contribution is 5.97. The number of aromatic nitrogens is 2. The molecule has 0 aliphatic heterocycles. The molecule has 5 heteroatoms. The van der Waals surface area contributed by atoms with Gasteiger partial charge in [-0.2, -0.15) is 0 Å². The zero-order chi connectivity index (χ0) is 18.7. The van der Waals surface area contributed by atoms with E-state index in [1.807, 2.05) is 60.0 Å². The number of carbonyl (C=O) groups is 1. The molecule has 0 aliphatic rings. The van der Waals surface area contributed by atoms with Gasteiger partial charge in [-0.25, -0.2) is 4.98 Å². The van der Waals surface area contributed by atoms with E-state index < -0.39 is 0 Å². The molecule has 0 radical (unpaired) electrons. The third kappa shape index (κ3) is 3.43. The highest BCUT2D eigenvalue weighted by Crippen LogP contribution is 2.29. The first-order valence-corrected chi connectivity index (χ1v) is 8.87. The smallest absolute Gasteiger partial charge is 0.254 e. The van der Waals surface area contributed by atoms with Crippen LogP contribution in [0.5, 0.6) is 5.75 Å². The molecular weight excluding hydrogens is 326 g/mol. The van der Waals surface area contributed by atoms with Crippen LogP contribution in [0.1, 0.15) is 41.7 Å². The molecule has 0 spiro atoms. The predicted octanol–water partition coefficient (Wildman–Crippen LogP) is 4.20. The summed E-state index contributed by atoms with van der Waals surface area (Å²) < 4.78 is 7.29. The first kappa shape index (κ1) is 18.0. The van der Waals surface area contributed by atoms with Gasteiger partial charge < -0.3 is 14.2 Å². The molecule has 0 unspecified atom stereocenters. The zero-order valence-corrected chi connectivity index (χ0v) is 15.8. The number of aryl methyl sites for hydroxylation is 1. The molecule has 0 saturated carbocycles. The van der Waals surface area contributed by atoms with Gasteiger partial charge in [0.2, 0.25) is 0 Å². The summed E-state index contributed by atoms with van der Waals surface area (Å²) in [6.45, 7) is 2.13. The van der Waals surface area contributed by atoms with Gasteiger partial charge in [-0.3, -0.25) is 4.79 Å². The van der Waals surface area contributed by atoms with Gasteiger partial charge in [-0.1, -0.05) is 25.5 Å². The maximum atomic E-state index is 13.1. The van der Waals surface area contributed by atoms with Crippen LogP contribution in [0.15, 0.2) is 48.8 Å². The Morgan fingerprint density at radius 3 is 2.81 bits per heavy atom. The Labute approximate surface area is 154 Å². The van der Waals surface area contributed by atoms with Gasteiger partial charge in [0.05, 0.1) is 30.5 Å². The van der Waals surface area contributed by atoms with E-state index in [-0.39, 0.29) is 11.9 Å². The first-order chi connectivity index (χ1) is 12.5. The molecule has 26 heavy (non-hydrogen) atoms. The van der Waals surface area contributed by atoms with Crippen molar-refractivity contribution < 1.29 is 9.53 Å². The number of fused-ring (bicyclic) bond motifs is 1. The Bertz CT molecular complexity index is 917. The fourth-order valence-corrected chi connectivity index (χ4v) is 3.32. The SMILES string of the molecule is CCC[C@H](c1cccc(OC)c1)N(C)C(=O)c1ccc2c(c1)ncn2C. The maximum Gasteiger partial charge on any atom is 0.254 e. The van der Waals surface area contributed by atoms with E-state index in [0.717, 1.165) is 35.2 Å². The van der Waals surface area contributed by atoms with Crippen LogP contribution in [0.3, 0.4) is 0 Å². The van der Waals surface area contributed by atoms with Crippen molar-refractivity contribution in [2.45, 2.75) is 25.8 Å². The molecule has 0 fully saturated rings. The summed E-state index contributed by atoms with van der Waals surface area (Å²) in [6, 6.07) is 13.6. The second-order valence-corrected chi connectivity index (χ2v) is 6.56. The molecular formula is C21H25N3O2. The largest absolute Gasteiger partial charge is 0.497 e. The Balaban J connectivity index is 1.91. The summed E-state index contributed by atoms with van der Waals surface area (Å²) in [4.78, 5) is 19.3. The molecule has 0 bridgehead atoms. The lowest BCUT2D eigenvalue weighted by Gasteiger charge is -2.29. The highest BCUT2D eigenvalue weighted by Gasteiger charge is 2.23. The average molecular weight is 351 g/mol. The van der Waals surface area contributed by atoms with Crippen molar-refractivity contribution in [2.75, 3.05) is 14.2 Å². The summed E-state index contributed by atoms with van der Waals surface area (Å²) in [5.74, 6) is 0.804. The van der Waals surface area contributed by atoms with Crippen LogP contribution in [0, 0.1) is 0 Å². The van der Waals surface area contributed by atoms with Crippen molar-refractivity contribution >= 4 is 16.9 Å². The van der Waals surface area contributed by atoms with Crippen LogP contribution >= 0.6 is 0 Å². The van der Waals surface area contributed by atoms with Crippen LogP contribution in [-0.2, 0) is 7.05 Å². The molecule has 1 aromatic heterocycles. The lowest BCUT2D eigenvalue weighted by atomic mass is 9.99. The molecule has 1 atom stereocenters. The number of amides is 1. The van der Waals surface area contributed by atoms with E-state index in [4.69, 9.17) is 4.74 Å². The van der Waals surface area contributed by atoms with Crippen molar-refractivity contribution in [3.05, 3.63) is 59.9 Å². The maximum absolute atomic E-state index is 13.1. The number of rotatable bonds is 6. The number of hydrogen-bond donors (Lipinski definition) is 0. The van der Waals surface area contributed by atoms with Crippen molar-refractivity contribution in [1.29, 1.82) is 0 Å². The van der Waals surface area contributed by atoms with Gasteiger partial charge in [-0.05, 0) is 42.3 Å². The molecule has 0 aliphatic carbocycles. The molecule has 1 heterocycles. The summed E-state index contributed by atoms with van der Waals surface area (Å²) in [5, 5.41) is 0. The van der Waals surface area contributed by atoms with E-state index in [1.165, 1.54) is 0 Å². The summed E-state index contributed by atoms with van der Waals surface area (Å²) >= 11 is 0. The third-order valence-corrected chi connectivity index (χ3v) is 4.80. The van der Waals surface area contributed by atoms with Gasteiger partial charge >= 0.3 is 0 Å². The Kier molecular flexibility index (Phi) is 5.26. The van der Waals surface area contributed by atoms with E-state index in [9.17, 15) is 4.79 Å². The average Bonchev–Trinajstić information content (AvgIpc) is 3.05. The molecule has 1 amide bonds. The molecule has 0 N–H and O–H groups in total. The highest BCUT2D eigenvalue weighted by atomic mass is 16.5. The second kappa shape index (κ2) is 7.60. The number of carbonyl (C=O) groups excluding carboxylic acids is 1. The molecule has 2 aromatic carbocycles. The van der Waals surface area contributed by atoms with E-state index in [2.05, 4.69) is 18.0 Å². The number of benzene rings is 2. The fraction of sp³-hybridized carbons (Fsp3) is 0.333. The second-order valence-electron chi connectivity index (χ2n) is 6.56. The third-order valence-electron chi connectivity index (χ3n) is 4.80. The fourth-order valence-electron chi connectivity index (χ4n) is 3.32. The van der Waals surface area contributed by atoms with Gasteiger partial charge in [0.1, 0.15) is 5.75 Å². The monoisotopic (exact) mass is 351 g/mol. The normalized spacial score (nSPS) is 12.2. The number of nitrogens with zero attached hydrogens (tertiary/aromatic N) is 3. The Morgan fingerprint density at radius 2 is 2.08 bits per heavy atom. The predicted molar refractivity (Wildman–Crippen MR) is 103 cm³/mol. The van der Waals surface area contributed by atoms with Gasteiger partial charge in [0.15, 0.2) is 0 Å². The van der Waals surface area contributed by atoms with Crippen LogP contribution in [-0.4, -0.2) is 34.5 Å². The van der Waals surface area contributed by atoms with Crippen LogP contribution in [0.4, 0.5) is 0 Å². The number of imidazole rings is 1. The summed E-state index contributed by atoms with van der Waals surface area (Å²) in [5.41, 5.74) is 3.59. The topological polar surface area (TPSA) is 47.4 Å². The lowest BCUT2D eigenvalue weighted by Crippen LogP contribution is -2.31. The quantitative estimate of drug-likeness (QED) is 0.669. The van der Waals surface area contributed by atoms with E-state index in [1.54, 1.807) is 13.4 Å².